The number of imidazole rings is 1. The predicted octanol–water partition coefficient (Wildman–Crippen LogP) is 1.70. The van der Waals surface area contributed by atoms with E-state index in [0.717, 1.165) is 55.4 Å². The number of hydrogen-bond donors (Lipinski definition) is 3. The molecule has 0 bridgehead atoms. The molecule has 0 atom stereocenters. The quantitative estimate of drug-likeness (QED) is 0.394. The fourth-order valence-electron chi connectivity index (χ4n) is 2.19. The molecule has 22 heavy (non-hydrogen) atoms. The molecule has 0 aliphatic heterocycles. The first-order chi connectivity index (χ1) is 10.8. The molecule has 2 aromatic rings. The van der Waals surface area contributed by atoms with Crippen molar-refractivity contribution < 1.29 is 4.74 Å². The zero-order valence-corrected chi connectivity index (χ0v) is 13.4. The van der Waals surface area contributed by atoms with E-state index in [4.69, 9.17) is 4.74 Å². The van der Waals surface area contributed by atoms with Gasteiger partial charge in [-0.15, -0.1) is 0 Å². The van der Waals surface area contributed by atoms with E-state index in [1.54, 1.807) is 7.05 Å². The van der Waals surface area contributed by atoms with Gasteiger partial charge in [0.05, 0.1) is 17.6 Å². The van der Waals surface area contributed by atoms with Gasteiger partial charge in [0.1, 0.15) is 5.82 Å². The van der Waals surface area contributed by atoms with Crippen LogP contribution >= 0.6 is 0 Å². The highest BCUT2D eigenvalue weighted by molar-refractivity contribution is 5.79. The van der Waals surface area contributed by atoms with Crippen LogP contribution in [-0.4, -0.2) is 49.3 Å². The molecule has 0 saturated heterocycles. The highest BCUT2D eigenvalue weighted by Gasteiger charge is 2.02. The minimum atomic E-state index is 0.691. The molecule has 1 aromatic heterocycles. The minimum Gasteiger partial charge on any atom is -0.380 e. The minimum absolute atomic E-state index is 0.691. The Hall–Kier alpha value is -2.08. The molecule has 1 heterocycles. The van der Waals surface area contributed by atoms with Crippen LogP contribution in [-0.2, 0) is 11.2 Å². The summed E-state index contributed by atoms with van der Waals surface area (Å²) in [6.07, 6.45) is 1.91. The van der Waals surface area contributed by atoms with Gasteiger partial charge in [0.25, 0.3) is 0 Å². The number of aromatic nitrogens is 2. The number of nitrogens with one attached hydrogen (secondary N) is 3. The summed E-state index contributed by atoms with van der Waals surface area (Å²) in [6.45, 7) is 5.04. The number of rotatable bonds is 8. The summed E-state index contributed by atoms with van der Waals surface area (Å²) in [6, 6.07) is 8.10. The summed E-state index contributed by atoms with van der Waals surface area (Å²) in [5.41, 5.74) is 2.12. The van der Waals surface area contributed by atoms with E-state index in [1.165, 1.54) is 0 Å². The van der Waals surface area contributed by atoms with Gasteiger partial charge in [0.15, 0.2) is 5.96 Å². The molecular weight excluding hydrogens is 278 g/mol. The number of H-pyrrole nitrogens is 1. The first-order valence-electron chi connectivity index (χ1n) is 7.79. The van der Waals surface area contributed by atoms with Gasteiger partial charge in [-0.1, -0.05) is 12.1 Å². The Morgan fingerprint density at radius 2 is 2.09 bits per heavy atom. The molecule has 0 aliphatic rings. The Morgan fingerprint density at radius 3 is 2.86 bits per heavy atom. The molecule has 0 radical (unpaired) electrons. The van der Waals surface area contributed by atoms with Crippen LogP contribution in [0.4, 0.5) is 0 Å². The summed E-state index contributed by atoms with van der Waals surface area (Å²) in [5.74, 6) is 1.84. The van der Waals surface area contributed by atoms with Crippen LogP contribution in [0.3, 0.4) is 0 Å². The van der Waals surface area contributed by atoms with Crippen molar-refractivity contribution in [2.24, 2.45) is 4.99 Å². The van der Waals surface area contributed by atoms with Crippen molar-refractivity contribution in [1.82, 2.24) is 20.6 Å². The van der Waals surface area contributed by atoms with Crippen LogP contribution in [0.1, 0.15) is 19.2 Å². The molecule has 0 fully saturated rings. The van der Waals surface area contributed by atoms with Gasteiger partial charge in [-0.2, -0.15) is 0 Å². The number of benzene rings is 1. The van der Waals surface area contributed by atoms with Gasteiger partial charge < -0.3 is 20.4 Å². The van der Waals surface area contributed by atoms with Gasteiger partial charge >= 0.3 is 0 Å². The Bertz CT molecular complexity index is 560. The van der Waals surface area contributed by atoms with Crippen LogP contribution < -0.4 is 10.6 Å². The number of aromatic amines is 1. The lowest BCUT2D eigenvalue weighted by Gasteiger charge is -2.11. The lowest BCUT2D eigenvalue weighted by Crippen LogP contribution is -2.39. The molecule has 120 valence electrons. The lowest BCUT2D eigenvalue weighted by molar-refractivity contribution is 0.152. The third kappa shape index (κ3) is 5.04. The molecule has 0 aliphatic carbocycles. The number of para-hydroxylation sites is 2. The average molecular weight is 303 g/mol. The number of aryl methyl sites for hydroxylation is 1. The second-order valence-electron chi connectivity index (χ2n) is 4.93. The van der Waals surface area contributed by atoms with Crippen LogP contribution in [0.2, 0.25) is 0 Å². The molecular formula is C16H25N5O. The van der Waals surface area contributed by atoms with E-state index in [-0.39, 0.29) is 0 Å². The Balaban J connectivity index is 1.67. The molecule has 0 saturated carbocycles. The fraction of sp³-hybridized carbons (Fsp3) is 0.500. The maximum absolute atomic E-state index is 5.28. The molecule has 0 amide bonds. The van der Waals surface area contributed by atoms with E-state index in [1.807, 2.05) is 31.2 Å². The fourth-order valence-corrected chi connectivity index (χ4v) is 2.19. The standard InChI is InChI=1S/C16H25N5O/c1-3-22-12-11-19-16(17-2)18-10-6-9-15-20-13-7-4-5-8-14(13)21-15/h4-5,7-8H,3,6,9-12H2,1-2H3,(H,20,21)(H2,17,18,19). The predicted molar refractivity (Wildman–Crippen MR) is 90.3 cm³/mol. The van der Waals surface area contributed by atoms with Crippen LogP contribution in [0.15, 0.2) is 29.3 Å². The molecule has 6 heteroatoms. The topological polar surface area (TPSA) is 74.3 Å². The summed E-state index contributed by atoms with van der Waals surface area (Å²) in [4.78, 5) is 12.1. The summed E-state index contributed by atoms with van der Waals surface area (Å²) >= 11 is 0. The third-order valence-corrected chi connectivity index (χ3v) is 3.29. The maximum atomic E-state index is 5.28. The maximum Gasteiger partial charge on any atom is 0.191 e. The average Bonchev–Trinajstić information content (AvgIpc) is 2.96. The number of nitrogens with zero attached hydrogens (tertiary/aromatic N) is 2. The van der Waals surface area contributed by atoms with E-state index in [9.17, 15) is 0 Å². The highest BCUT2D eigenvalue weighted by Crippen LogP contribution is 2.10. The van der Waals surface area contributed by atoms with E-state index < -0.39 is 0 Å². The molecule has 6 nitrogen and oxygen atoms in total. The first kappa shape index (κ1) is 16.3. The smallest absolute Gasteiger partial charge is 0.191 e. The molecule has 2 rings (SSSR count). The van der Waals surface area contributed by atoms with Gasteiger partial charge in [-0.3, -0.25) is 4.99 Å². The molecule has 0 unspecified atom stereocenters. The Morgan fingerprint density at radius 1 is 1.27 bits per heavy atom. The van der Waals surface area contributed by atoms with Gasteiger partial charge in [-0.05, 0) is 25.5 Å². The Labute approximate surface area is 131 Å². The van der Waals surface area contributed by atoms with Crippen molar-refractivity contribution in [1.29, 1.82) is 0 Å². The van der Waals surface area contributed by atoms with Gasteiger partial charge in [0.2, 0.25) is 0 Å². The van der Waals surface area contributed by atoms with Crippen molar-refractivity contribution in [2.75, 3.05) is 33.4 Å². The second-order valence-corrected chi connectivity index (χ2v) is 4.93. The zero-order valence-electron chi connectivity index (χ0n) is 13.4. The number of guanidine groups is 1. The van der Waals surface area contributed by atoms with E-state index >= 15 is 0 Å². The van der Waals surface area contributed by atoms with Crippen molar-refractivity contribution in [3.8, 4) is 0 Å². The second kappa shape index (κ2) is 9.04. The monoisotopic (exact) mass is 303 g/mol. The highest BCUT2D eigenvalue weighted by atomic mass is 16.5. The summed E-state index contributed by atoms with van der Waals surface area (Å²) in [7, 11) is 1.77. The van der Waals surface area contributed by atoms with E-state index in [2.05, 4.69) is 25.6 Å². The number of fused-ring (bicyclic) bond motifs is 1. The third-order valence-electron chi connectivity index (χ3n) is 3.29. The van der Waals surface area contributed by atoms with Crippen LogP contribution in [0.5, 0.6) is 0 Å². The molecule has 0 spiro atoms. The van der Waals surface area contributed by atoms with Crippen molar-refractivity contribution >= 4 is 17.0 Å². The molecule has 1 aromatic carbocycles. The lowest BCUT2D eigenvalue weighted by atomic mass is 10.3. The van der Waals surface area contributed by atoms with Gasteiger partial charge in [0, 0.05) is 33.2 Å². The zero-order chi connectivity index (χ0) is 15.6. The SMILES string of the molecule is CCOCCNC(=NC)NCCCc1nc2ccccc2[nH]1. The van der Waals surface area contributed by atoms with E-state index in [0.29, 0.717) is 6.61 Å². The van der Waals surface area contributed by atoms with Gasteiger partial charge in [-0.25, -0.2) is 4.98 Å². The number of aliphatic imine (C=N–C) groups is 1. The largest absolute Gasteiger partial charge is 0.380 e. The molecule has 3 N–H and O–H groups in total. The van der Waals surface area contributed by atoms with Crippen LogP contribution in [0, 0.1) is 0 Å². The number of ether oxygens (including phenoxy) is 1. The summed E-state index contributed by atoms with van der Waals surface area (Å²) < 4.78 is 5.28. The normalized spacial score (nSPS) is 11.8. The van der Waals surface area contributed by atoms with Crippen molar-refractivity contribution in [2.45, 2.75) is 19.8 Å². The first-order valence-corrected chi connectivity index (χ1v) is 7.79. The van der Waals surface area contributed by atoms with Crippen LogP contribution in [0.25, 0.3) is 11.0 Å². The van der Waals surface area contributed by atoms with Crippen molar-refractivity contribution in [3.05, 3.63) is 30.1 Å². The van der Waals surface area contributed by atoms with Crippen molar-refractivity contribution in [3.63, 3.8) is 0 Å². The number of hydrogen-bond acceptors (Lipinski definition) is 3. The Kier molecular flexibility index (Phi) is 6.70. The summed E-state index contributed by atoms with van der Waals surface area (Å²) in [5, 5.41) is 6.51.